The highest BCUT2D eigenvalue weighted by Gasteiger charge is 2.26. The maximum atomic E-state index is 12.5. The maximum absolute atomic E-state index is 12.5. The topological polar surface area (TPSA) is 71.5 Å². The van der Waals surface area contributed by atoms with E-state index in [0.717, 1.165) is 16.6 Å². The second-order valence-electron chi connectivity index (χ2n) is 5.78. The van der Waals surface area contributed by atoms with Gasteiger partial charge in [0.2, 0.25) is 0 Å². The molecule has 22 heavy (non-hydrogen) atoms. The van der Waals surface area contributed by atoms with Crippen LogP contribution in [0.4, 0.5) is 0 Å². The lowest BCUT2D eigenvalue weighted by Crippen LogP contribution is -2.50. The smallest absolute Gasteiger partial charge is 0.251 e. The molecule has 0 bridgehead atoms. The molecule has 5 heteroatoms. The lowest BCUT2D eigenvalue weighted by Gasteiger charge is -2.29. The molecular weight excluding hydrogens is 280 g/mol. The Labute approximate surface area is 130 Å². The Morgan fingerprint density at radius 3 is 2.82 bits per heavy atom. The van der Waals surface area contributed by atoms with E-state index in [2.05, 4.69) is 10.3 Å². The third-order valence-corrected chi connectivity index (χ3v) is 3.63. The van der Waals surface area contributed by atoms with Crippen molar-refractivity contribution in [3.63, 3.8) is 0 Å². The standard InChI is InChI=1S/C17H22N2O3/c1-12-4-5-13-10-14(6-7-15(13)18-12)16(21)19-17(2,8-9-20)11-22-3/h4-7,10,20H,8-9,11H2,1-3H3,(H,19,21)/t17-/m1/s1. The number of carbonyl (C=O) groups excluding carboxylic acids is 1. The maximum Gasteiger partial charge on any atom is 0.251 e. The minimum atomic E-state index is -0.596. The Morgan fingerprint density at radius 1 is 1.36 bits per heavy atom. The van der Waals surface area contributed by atoms with Gasteiger partial charge < -0.3 is 15.2 Å². The third-order valence-electron chi connectivity index (χ3n) is 3.63. The van der Waals surface area contributed by atoms with Gasteiger partial charge in [0, 0.05) is 30.4 Å². The van der Waals surface area contributed by atoms with E-state index < -0.39 is 5.54 Å². The Kier molecular flexibility index (Phi) is 5.11. The van der Waals surface area contributed by atoms with Crippen LogP contribution in [0.15, 0.2) is 30.3 Å². The fourth-order valence-electron chi connectivity index (χ4n) is 2.45. The summed E-state index contributed by atoms with van der Waals surface area (Å²) in [5, 5.41) is 13.0. The number of nitrogens with zero attached hydrogens (tertiary/aromatic N) is 1. The number of pyridine rings is 1. The number of aryl methyl sites for hydroxylation is 1. The Morgan fingerprint density at radius 2 is 2.14 bits per heavy atom. The van der Waals surface area contributed by atoms with Crippen LogP contribution in [0.3, 0.4) is 0 Å². The predicted octanol–water partition coefficient (Wildman–Crippen LogP) is 2.06. The molecule has 1 aromatic carbocycles. The van der Waals surface area contributed by atoms with Crippen LogP contribution in [0.25, 0.3) is 10.9 Å². The van der Waals surface area contributed by atoms with Crippen LogP contribution < -0.4 is 5.32 Å². The molecule has 0 saturated heterocycles. The van der Waals surface area contributed by atoms with Gasteiger partial charge in [-0.25, -0.2) is 0 Å². The summed E-state index contributed by atoms with van der Waals surface area (Å²) in [4.78, 5) is 16.9. The van der Waals surface area contributed by atoms with E-state index in [0.29, 0.717) is 18.6 Å². The monoisotopic (exact) mass is 302 g/mol. The summed E-state index contributed by atoms with van der Waals surface area (Å²) >= 11 is 0. The highest BCUT2D eigenvalue weighted by atomic mass is 16.5. The van der Waals surface area contributed by atoms with Crippen molar-refractivity contribution in [3.05, 3.63) is 41.6 Å². The molecule has 0 aliphatic rings. The zero-order valence-electron chi connectivity index (χ0n) is 13.2. The Balaban J connectivity index is 2.23. The fourth-order valence-corrected chi connectivity index (χ4v) is 2.45. The van der Waals surface area contributed by atoms with Crippen molar-refractivity contribution in [2.75, 3.05) is 20.3 Å². The third kappa shape index (κ3) is 3.81. The molecule has 5 nitrogen and oxygen atoms in total. The first-order valence-corrected chi connectivity index (χ1v) is 7.27. The molecule has 0 aliphatic carbocycles. The summed E-state index contributed by atoms with van der Waals surface area (Å²) in [6.45, 7) is 4.12. The molecule has 1 amide bonds. The van der Waals surface area contributed by atoms with Gasteiger partial charge in [-0.2, -0.15) is 0 Å². The normalized spacial score (nSPS) is 13.8. The van der Waals surface area contributed by atoms with Crippen LogP contribution in [-0.2, 0) is 4.74 Å². The van der Waals surface area contributed by atoms with Crippen molar-refractivity contribution in [3.8, 4) is 0 Å². The molecule has 1 aromatic heterocycles. The summed E-state index contributed by atoms with van der Waals surface area (Å²) < 4.78 is 5.14. The minimum Gasteiger partial charge on any atom is -0.396 e. The van der Waals surface area contributed by atoms with Crippen LogP contribution in [0.1, 0.15) is 29.4 Å². The van der Waals surface area contributed by atoms with E-state index in [1.165, 1.54) is 0 Å². The van der Waals surface area contributed by atoms with Crippen molar-refractivity contribution in [2.24, 2.45) is 0 Å². The van der Waals surface area contributed by atoms with E-state index in [-0.39, 0.29) is 12.5 Å². The number of fused-ring (bicyclic) bond motifs is 1. The molecule has 0 spiro atoms. The number of amides is 1. The van der Waals surface area contributed by atoms with E-state index in [1.807, 2.05) is 38.1 Å². The predicted molar refractivity (Wildman–Crippen MR) is 85.9 cm³/mol. The Bertz CT molecular complexity index is 664. The SMILES string of the molecule is COC[C@@](C)(CCO)NC(=O)c1ccc2nc(C)ccc2c1. The Hall–Kier alpha value is -1.98. The average molecular weight is 302 g/mol. The van der Waals surface area contributed by atoms with Gasteiger partial charge in [-0.15, -0.1) is 0 Å². The van der Waals surface area contributed by atoms with Crippen molar-refractivity contribution in [1.82, 2.24) is 10.3 Å². The van der Waals surface area contributed by atoms with Crippen molar-refractivity contribution >= 4 is 16.8 Å². The van der Waals surface area contributed by atoms with Crippen molar-refractivity contribution < 1.29 is 14.6 Å². The van der Waals surface area contributed by atoms with Crippen molar-refractivity contribution in [1.29, 1.82) is 0 Å². The molecule has 0 unspecified atom stereocenters. The first-order chi connectivity index (χ1) is 10.5. The van der Waals surface area contributed by atoms with E-state index in [9.17, 15) is 4.79 Å². The average Bonchev–Trinajstić information content (AvgIpc) is 2.46. The zero-order valence-corrected chi connectivity index (χ0v) is 13.2. The zero-order chi connectivity index (χ0) is 16.2. The second-order valence-corrected chi connectivity index (χ2v) is 5.78. The molecule has 1 heterocycles. The highest BCUT2D eigenvalue weighted by molar-refractivity contribution is 5.98. The minimum absolute atomic E-state index is 0.0128. The molecule has 0 saturated carbocycles. The van der Waals surface area contributed by atoms with E-state index in [4.69, 9.17) is 9.84 Å². The fraction of sp³-hybridized carbons (Fsp3) is 0.412. The van der Waals surface area contributed by atoms with Gasteiger partial charge >= 0.3 is 0 Å². The molecule has 0 fully saturated rings. The number of benzene rings is 1. The molecule has 0 aliphatic heterocycles. The van der Waals surface area contributed by atoms with Gasteiger partial charge in [-0.3, -0.25) is 9.78 Å². The van der Waals surface area contributed by atoms with E-state index in [1.54, 1.807) is 13.2 Å². The number of aliphatic hydroxyl groups is 1. The molecule has 2 aromatic rings. The summed E-state index contributed by atoms with van der Waals surface area (Å²) in [6.07, 6.45) is 0.431. The summed E-state index contributed by atoms with van der Waals surface area (Å²) in [5.74, 6) is -0.185. The summed E-state index contributed by atoms with van der Waals surface area (Å²) in [5.41, 5.74) is 1.78. The number of hydrogen-bond donors (Lipinski definition) is 2. The number of carbonyl (C=O) groups is 1. The molecular formula is C17H22N2O3. The number of methoxy groups -OCH3 is 1. The van der Waals surface area contributed by atoms with Crippen LogP contribution in [0.5, 0.6) is 0 Å². The van der Waals surface area contributed by atoms with Gasteiger partial charge in [0.1, 0.15) is 0 Å². The largest absolute Gasteiger partial charge is 0.396 e. The lowest BCUT2D eigenvalue weighted by molar-refractivity contribution is 0.0726. The van der Waals surface area contributed by atoms with Gasteiger partial charge in [-0.05, 0) is 44.5 Å². The highest BCUT2D eigenvalue weighted by Crippen LogP contribution is 2.17. The lowest BCUT2D eigenvalue weighted by atomic mass is 9.98. The summed E-state index contributed by atoms with van der Waals surface area (Å²) in [6, 6.07) is 9.30. The van der Waals surface area contributed by atoms with Crippen LogP contribution in [-0.4, -0.2) is 41.9 Å². The number of aliphatic hydroxyl groups excluding tert-OH is 1. The molecule has 0 radical (unpaired) electrons. The molecule has 118 valence electrons. The molecule has 2 N–H and O–H groups in total. The van der Waals surface area contributed by atoms with Gasteiger partial charge in [-0.1, -0.05) is 6.07 Å². The van der Waals surface area contributed by atoms with Crippen LogP contribution in [0, 0.1) is 6.92 Å². The number of nitrogens with one attached hydrogen (secondary N) is 1. The summed E-state index contributed by atoms with van der Waals surface area (Å²) in [7, 11) is 1.58. The van der Waals surface area contributed by atoms with Crippen molar-refractivity contribution in [2.45, 2.75) is 25.8 Å². The quantitative estimate of drug-likeness (QED) is 0.857. The number of hydrogen-bond acceptors (Lipinski definition) is 4. The molecule has 2 rings (SSSR count). The first kappa shape index (κ1) is 16.4. The molecule has 1 atom stereocenters. The van der Waals surface area contributed by atoms with Crippen LogP contribution >= 0.6 is 0 Å². The van der Waals surface area contributed by atoms with Gasteiger partial charge in [0.15, 0.2) is 0 Å². The number of rotatable bonds is 6. The van der Waals surface area contributed by atoms with Gasteiger partial charge in [0.05, 0.1) is 17.7 Å². The van der Waals surface area contributed by atoms with Gasteiger partial charge in [0.25, 0.3) is 5.91 Å². The van der Waals surface area contributed by atoms with E-state index >= 15 is 0 Å². The first-order valence-electron chi connectivity index (χ1n) is 7.27. The number of aromatic nitrogens is 1. The van der Waals surface area contributed by atoms with Crippen LogP contribution in [0.2, 0.25) is 0 Å². The second kappa shape index (κ2) is 6.85. The number of ether oxygens (including phenoxy) is 1.